The van der Waals surface area contributed by atoms with Crippen molar-refractivity contribution in [2.75, 3.05) is 7.05 Å². The molecular formula is C17H24F3N. The molecule has 0 amide bonds. The van der Waals surface area contributed by atoms with Crippen LogP contribution in [0.25, 0.3) is 0 Å². The Labute approximate surface area is 124 Å². The molecule has 0 spiro atoms. The SMILES string of the molecule is CNC(CC1CCCCCC1)c1ccccc1C(F)(F)F. The Morgan fingerprint density at radius 1 is 1.10 bits per heavy atom. The van der Waals surface area contributed by atoms with Crippen LogP contribution in [0.15, 0.2) is 24.3 Å². The summed E-state index contributed by atoms with van der Waals surface area (Å²) in [5.74, 6) is 0.534. The van der Waals surface area contributed by atoms with Crippen LogP contribution in [-0.4, -0.2) is 7.05 Å². The summed E-state index contributed by atoms with van der Waals surface area (Å²) in [7, 11) is 1.76. The number of rotatable bonds is 4. The van der Waals surface area contributed by atoms with E-state index in [1.807, 2.05) is 0 Å². The highest BCUT2D eigenvalue weighted by Gasteiger charge is 2.35. The second kappa shape index (κ2) is 7.30. The number of nitrogens with one attached hydrogen (secondary N) is 1. The van der Waals surface area contributed by atoms with Crippen molar-refractivity contribution in [1.82, 2.24) is 5.32 Å². The molecule has 1 unspecified atom stereocenters. The molecule has 1 atom stereocenters. The van der Waals surface area contributed by atoms with Gasteiger partial charge in [-0.25, -0.2) is 0 Å². The van der Waals surface area contributed by atoms with E-state index in [1.165, 1.54) is 37.8 Å². The molecule has 0 radical (unpaired) electrons. The van der Waals surface area contributed by atoms with Gasteiger partial charge in [0.2, 0.25) is 0 Å². The van der Waals surface area contributed by atoms with E-state index in [4.69, 9.17) is 0 Å². The van der Waals surface area contributed by atoms with Crippen LogP contribution in [0.2, 0.25) is 0 Å². The number of hydrogen-bond donors (Lipinski definition) is 1. The van der Waals surface area contributed by atoms with Gasteiger partial charge in [-0.1, -0.05) is 56.7 Å². The van der Waals surface area contributed by atoms with Gasteiger partial charge in [-0.15, -0.1) is 0 Å². The highest BCUT2D eigenvalue weighted by Crippen LogP contribution is 2.37. The molecule has 118 valence electrons. The van der Waals surface area contributed by atoms with Crippen LogP contribution in [0.4, 0.5) is 13.2 Å². The summed E-state index contributed by atoms with van der Waals surface area (Å²) in [6, 6.07) is 5.74. The molecule has 1 nitrogen and oxygen atoms in total. The predicted molar refractivity (Wildman–Crippen MR) is 79.1 cm³/mol. The maximum Gasteiger partial charge on any atom is 0.416 e. The van der Waals surface area contributed by atoms with Crippen molar-refractivity contribution >= 4 is 0 Å². The van der Waals surface area contributed by atoms with Gasteiger partial charge in [0.15, 0.2) is 0 Å². The van der Waals surface area contributed by atoms with Crippen LogP contribution in [0.5, 0.6) is 0 Å². The number of alkyl halides is 3. The molecule has 0 aromatic heterocycles. The molecule has 1 saturated carbocycles. The van der Waals surface area contributed by atoms with Gasteiger partial charge in [0, 0.05) is 6.04 Å². The average molecular weight is 299 g/mol. The van der Waals surface area contributed by atoms with Gasteiger partial charge in [-0.2, -0.15) is 13.2 Å². The topological polar surface area (TPSA) is 12.0 Å². The Hall–Kier alpha value is -1.03. The third-order valence-corrected chi connectivity index (χ3v) is 4.53. The quantitative estimate of drug-likeness (QED) is 0.741. The highest BCUT2D eigenvalue weighted by atomic mass is 19.4. The fraction of sp³-hybridized carbons (Fsp3) is 0.647. The Morgan fingerprint density at radius 3 is 2.29 bits per heavy atom. The van der Waals surface area contributed by atoms with Gasteiger partial charge in [0.25, 0.3) is 0 Å². The zero-order valence-electron chi connectivity index (χ0n) is 12.5. The summed E-state index contributed by atoms with van der Waals surface area (Å²) in [5.41, 5.74) is -0.116. The zero-order valence-corrected chi connectivity index (χ0v) is 12.5. The van der Waals surface area contributed by atoms with Gasteiger partial charge in [0.05, 0.1) is 5.56 Å². The third kappa shape index (κ3) is 4.47. The summed E-state index contributed by atoms with van der Waals surface area (Å²) in [6.07, 6.45) is 3.75. The molecule has 0 saturated heterocycles. The van der Waals surface area contributed by atoms with Crippen LogP contribution in [-0.2, 0) is 6.18 Å². The van der Waals surface area contributed by atoms with E-state index in [1.54, 1.807) is 19.2 Å². The molecule has 2 rings (SSSR count). The number of hydrogen-bond acceptors (Lipinski definition) is 1. The Balaban J connectivity index is 2.17. The second-order valence-electron chi connectivity index (χ2n) is 6.02. The van der Waals surface area contributed by atoms with Crippen molar-refractivity contribution < 1.29 is 13.2 Å². The lowest BCUT2D eigenvalue weighted by molar-refractivity contribution is -0.138. The molecule has 0 aliphatic heterocycles. The Kier molecular flexibility index (Phi) is 5.68. The van der Waals surface area contributed by atoms with Crippen LogP contribution in [0.1, 0.15) is 62.1 Å². The monoisotopic (exact) mass is 299 g/mol. The smallest absolute Gasteiger partial charge is 0.313 e. The van der Waals surface area contributed by atoms with Gasteiger partial charge < -0.3 is 5.32 Å². The minimum atomic E-state index is -4.28. The van der Waals surface area contributed by atoms with Crippen molar-refractivity contribution in [3.05, 3.63) is 35.4 Å². The lowest BCUT2D eigenvalue weighted by Gasteiger charge is -2.25. The van der Waals surface area contributed by atoms with Gasteiger partial charge in [-0.3, -0.25) is 0 Å². The Bertz CT molecular complexity index is 434. The normalized spacial score (nSPS) is 19.2. The minimum absolute atomic E-state index is 0.217. The lowest BCUT2D eigenvalue weighted by atomic mass is 9.88. The molecule has 1 N–H and O–H groups in total. The average Bonchev–Trinajstić information content (AvgIpc) is 2.72. The molecule has 0 heterocycles. The summed E-state index contributed by atoms with van der Waals surface area (Å²) in [5, 5.41) is 3.10. The number of benzene rings is 1. The first-order chi connectivity index (χ1) is 10.0. The summed E-state index contributed by atoms with van der Waals surface area (Å²) in [6.45, 7) is 0. The highest BCUT2D eigenvalue weighted by molar-refractivity contribution is 5.32. The summed E-state index contributed by atoms with van der Waals surface area (Å²) < 4.78 is 39.5. The van der Waals surface area contributed by atoms with Gasteiger partial charge in [-0.05, 0) is 31.0 Å². The van der Waals surface area contributed by atoms with E-state index in [-0.39, 0.29) is 6.04 Å². The van der Waals surface area contributed by atoms with E-state index in [0.29, 0.717) is 11.5 Å². The first-order valence-electron chi connectivity index (χ1n) is 7.85. The molecule has 0 bridgehead atoms. The molecule has 1 aliphatic carbocycles. The molecule has 21 heavy (non-hydrogen) atoms. The van der Waals surface area contributed by atoms with Crippen LogP contribution in [0, 0.1) is 5.92 Å². The number of halogens is 3. The van der Waals surface area contributed by atoms with E-state index in [9.17, 15) is 13.2 Å². The summed E-state index contributed by atoms with van der Waals surface area (Å²) >= 11 is 0. The zero-order chi connectivity index (χ0) is 15.3. The second-order valence-corrected chi connectivity index (χ2v) is 6.02. The maximum absolute atomic E-state index is 13.2. The molecule has 4 heteroatoms. The molecule has 1 aliphatic rings. The van der Waals surface area contributed by atoms with Crippen molar-refractivity contribution in [2.45, 2.75) is 57.2 Å². The van der Waals surface area contributed by atoms with Crippen LogP contribution >= 0.6 is 0 Å². The standard InChI is InChI=1S/C17H24F3N/c1-21-16(12-13-8-4-2-3-5-9-13)14-10-6-7-11-15(14)17(18,19)20/h6-7,10-11,13,16,21H,2-5,8-9,12H2,1H3. The van der Waals surface area contributed by atoms with E-state index >= 15 is 0 Å². The fourth-order valence-corrected chi connectivity index (χ4v) is 3.39. The Morgan fingerprint density at radius 2 is 1.71 bits per heavy atom. The molecule has 1 fully saturated rings. The molecule has 1 aromatic carbocycles. The van der Waals surface area contributed by atoms with E-state index < -0.39 is 11.7 Å². The third-order valence-electron chi connectivity index (χ3n) is 4.53. The first kappa shape index (κ1) is 16.3. The van der Waals surface area contributed by atoms with Crippen LogP contribution < -0.4 is 5.32 Å². The first-order valence-corrected chi connectivity index (χ1v) is 7.85. The molecular weight excluding hydrogens is 275 g/mol. The maximum atomic E-state index is 13.2. The predicted octanol–water partition coefficient (Wildman–Crippen LogP) is 5.33. The fourth-order valence-electron chi connectivity index (χ4n) is 3.39. The largest absolute Gasteiger partial charge is 0.416 e. The van der Waals surface area contributed by atoms with Crippen molar-refractivity contribution in [3.8, 4) is 0 Å². The van der Waals surface area contributed by atoms with E-state index in [2.05, 4.69) is 5.32 Å². The van der Waals surface area contributed by atoms with Crippen LogP contribution in [0.3, 0.4) is 0 Å². The summed E-state index contributed by atoms with van der Waals surface area (Å²) in [4.78, 5) is 0. The van der Waals surface area contributed by atoms with Crippen molar-refractivity contribution in [3.63, 3.8) is 0 Å². The minimum Gasteiger partial charge on any atom is -0.313 e. The van der Waals surface area contributed by atoms with E-state index in [0.717, 1.165) is 19.3 Å². The lowest BCUT2D eigenvalue weighted by Crippen LogP contribution is -2.23. The van der Waals surface area contributed by atoms with Crippen molar-refractivity contribution in [2.24, 2.45) is 5.92 Å². The van der Waals surface area contributed by atoms with Gasteiger partial charge >= 0.3 is 6.18 Å². The van der Waals surface area contributed by atoms with Gasteiger partial charge in [0.1, 0.15) is 0 Å². The molecule has 1 aromatic rings. The van der Waals surface area contributed by atoms with Crippen molar-refractivity contribution in [1.29, 1.82) is 0 Å².